The Morgan fingerprint density at radius 1 is 1.19 bits per heavy atom. The fourth-order valence-corrected chi connectivity index (χ4v) is 4.23. The molecule has 0 aliphatic carbocycles. The Labute approximate surface area is 160 Å². The lowest BCUT2D eigenvalue weighted by molar-refractivity contribution is 0.0787. The molecule has 0 bridgehead atoms. The number of likely N-dealkylation sites (tertiary alicyclic amines) is 2. The number of aryl methyl sites for hydroxylation is 2. The smallest absolute Gasteiger partial charge is 0.276 e. The van der Waals surface area contributed by atoms with Gasteiger partial charge in [-0.05, 0) is 57.7 Å². The maximum atomic E-state index is 12.4. The van der Waals surface area contributed by atoms with E-state index >= 15 is 0 Å². The molecule has 27 heavy (non-hydrogen) atoms. The molecule has 1 amide bonds. The summed E-state index contributed by atoms with van der Waals surface area (Å²) in [4.78, 5) is 16.8. The van der Waals surface area contributed by atoms with Crippen LogP contribution in [0.2, 0.25) is 0 Å². The van der Waals surface area contributed by atoms with Crippen molar-refractivity contribution >= 4 is 5.91 Å². The van der Waals surface area contributed by atoms with Gasteiger partial charge in [0.1, 0.15) is 11.5 Å². The number of carbonyl (C=O) groups excluding carboxylic acids is 1. The van der Waals surface area contributed by atoms with E-state index in [-0.39, 0.29) is 5.91 Å². The summed E-state index contributed by atoms with van der Waals surface area (Å²) in [6.07, 6.45) is 8.72. The minimum absolute atomic E-state index is 0.0197. The molecule has 2 aliphatic heterocycles. The standard InChI is InChI=1S/C20H29N5O2/c1-16-7-8-18(27-16)14-24-12-3-2-6-17(24)9-13-25-15-19(21-22-25)20(26)23-10-4-5-11-23/h7-8,15,17H,2-6,9-14H2,1H3. The van der Waals surface area contributed by atoms with Crippen molar-refractivity contribution in [2.45, 2.75) is 64.6 Å². The second-order valence-corrected chi connectivity index (χ2v) is 7.79. The van der Waals surface area contributed by atoms with Crippen molar-refractivity contribution in [2.75, 3.05) is 19.6 Å². The van der Waals surface area contributed by atoms with E-state index in [9.17, 15) is 4.79 Å². The molecule has 0 aromatic carbocycles. The van der Waals surface area contributed by atoms with Gasteiger partial charge >= 0.3 is 0 Å². The van der Waals surface area contributed by atoms with Gasteiger partial charge in [-0.15, -0.1) is 5.10 Å². The van der Waals surface area contributed by atoms with Crippen LogP contribution in [0.4, 0.5) is 0 Å². The molecule has 1 atom stereocenters. The Bertz CT molecular complexity index is 762. The van der Waals surface area contributed by atoms with Crippen LogP contribution in [-0.2, 0) is 13.1 Å². The second kappa shape index (κ2) is 8.25. The molecule has 2 fully saturated rings. The van der Waals surface area contributed by atoms with Crippen LogP contribution in [0.1, 0.15) is 60.5 Å². The van der Waals surface area contributed by atoms with E-state index in [0.717, 1.165) is 63.5 Å². The molecule has 7 nitrogen and oxygen atoms in total. The van der Waals surface area contributed by atoms with Crippen molar-refractivity contribution in [1.82, 2.24) is 24.8 Å². The first kappa shape index (κ1) is 18.2. The first-order chi connectivity index (χ1) is 13.2. The summed E-state index contributed by atoms with van der Waals surface area (Å²) in [7, 11) is 0. The van der Waals surface area contributed by atoms with Gasteiger partial charge in [0, 0.05) is 25.7 Å². The molecule has 2 aromatic heterocycles. The third-order valence-corrected chi connectivity index (χ3v) is 5.75. The Hall–Kier alpha value is -2.15. The number of carbonyl (C=O) groups is 1. The van der Waals surface area contributed by atoms with Gasteiger partial charge in [-0.1, -0.05) is 11.6 Å². The van der Waals surface area contributed by atoms with E-state index in [1.807, 2.05) is 28.8 Å². The molecule has 2 aliphatic rings. The van der Waals surface area contributed by atoms with Crippen LogP contribution in [0.25, 0.3) is 0 Å². The van der Waals surface area contributed by atoms with Gasteiger partial charge in [-0.3, -0.25) is 14.4 Å². The Balaban J connectivity index is 1.33. The molecule has 0 radical (unpaired) electrons. The number of aromatic nitrogens is 3. The van der Waals surface area contributed by atoms with Crippen LogP contribution < -0.4 is 0 Å². The first-order valence-electron chi connectivity index (χ1n) is 10.2. The number of furan rings is 1. The zero-order valence-corrected chi connectivity index (χ0v) is 16.1. The maximum absolute atomic E-state index is 12.4. The molecular formula is C20H29N5O2. The number of hydrogen-bond donors (Lipinski definition) is 0. The molecule has 0 N–H and O–H groups in total. The third-order valence-electron chi connectivity index (χ3n) is 5.75. The zero-order chi connectivity index (χ0) is 18.6. The Morgan fingerprint density at radius 3 is 2.78 bits per heavy atom. The second-order valence-electron chi connectivity index (χ2n) is 7.79. The number of amides is 1. The molecule has 146 valence electrons. The van der Waals surface area contributed by atoms with Gasteiger partial charge in [-0.25, -0.2) is 0 Å². The average Bonchev–Trinajstić information content (AvgIpc) is 3.43. The summed E-state index contributed by atoms with van der Waals surface area (Å²) in [5.74, 6) is 2.03. The van der Waals surface area contributed by atoms with Crippen molar-refractivity contribution in [1.29, 1.82) is 0 Å². The van der Waals surface area contributed by atoms with Crippen LogP contribution >= 0.6 is 0 Å². The predicted molar refractivity (Wildman–Crippen MR) is 101 cm³/mol. The Morgan fingerprint density at radius 2 is 2.00 bits per heavy atom. The molecular weight excluding hydrogens is 342 g/mol. The summed E-state index contributed by atoms with van der Waals surface area (Å²) in [6, 6.07) is 4.63. The van der Waals surface area contributed by atoms with Gasteiger partial charge in [0.05, 0.1) is 12.7 Å². The van der Waals surface area contributed by atoms with Gasteiger partial charge in [-0.2, -0.15) is 0 Å². The summed E-state index contributed by atoms with van der Waals surface area (Å²) >= 11 is 0. The summed E-state index contributed by atoms with van der Waals surface area (Å²) in [5.41, 5.74) is 0.475. The van der Waals surface area contributed by atoms with Crippen molar-refractivity contribution in [3.05, 3.63) is 35.5 Å². The number of rotatable bonds is 6. The highest BCUT2D eigenvalue weighted by atomic mass is 16.3. The third kappa shape index (κ3) is 4.40. The Kier molecular flexibility index (Phi) is 5.57. The number of hydrogen-bond acceptors (Lipinski definition) is 5. The molecule has 4 heterocycles. The molecule has 7 heteroatoms. The predicted octanol–water partition coefficient (Wildman–Crippen LogP) is 2.86. The molecule has 1 unspecified atom stereocenters. The average molecular weight is 371 g/mol. The highest BCUT2D eigenvalue weighted by Gasteiger charge is 2.25. The number of nitrogens with zero attached hydrogens (tertiary/aromatic N) is 5. The quantitative estimate of drug-likeness (QED) is 0.781. The highest BCUT2D eigenvalue weighted by molar-refractivity contribution is 5.92. The van der Waals surface area contributed by atoms with Crippen molar-refractivity contribution in [3.8, 4) is 0 Å². The molecule has 0 spiro atoms. The van der Waals surface area contributed by atoms with E-state index in [4.69, 9.17) is 4.42 Å². The van der Waals surface area contributed by atoms with Crippen molar-refractivity contribution < 1.29 is 9.21 Å². The minimum atomic E-state index is 0.0197. The van der Waals surface area contributed by atoms with Crippen LogP contribution in [0, 0.1) is 6.92 Å². The highest BCUT2D eigenvalue weighted by Crippen LogP contribution is 2.23. The van der Waals surface area contributed by atoms with E-state index in [1.165, 1.54) is 19.3 Å². The van der Waals surface area contributed by atoms with Gasteiger partial charge in [0.25, 0.3) is 5.91 Å². The summed E-state index contributed by atoms with van der Waals surface area (Å²) in [6.45, 7) is 6.44. The summed E-state index contributed by atoms with van der Waals surface area (Å²) < 4.78 is 7.59. The topological polar surface area (TPSA) is 67.4 Å². The molecule has 2 aromatic rings. The summed E-state index contributed by atoms with van der Waals surface area (Å²) in [5, 5.41) is 8.29. The molecule has 2 saturated heterocycles. The first-order valence-corrected chi connectivity index (χ1v) is 10.2. The van der Waals surface area contributed by atoms with E-state index in [2.05, 4.69) is 21.3 Å². The van der Waals surface area contributed by atoms with E-state index < -0.39 is 0 Å². The minimum Gasteiger partial charge on any atom is -0.465 e. The van der Waals surface area contributed by atoms with Crippen LogP contribution in [0.5, 0.6) is 0 Å². The lowest BCUT2D eigenvalue weighted by Crippen LogP contribution is -2.39. The van der Waals surface area contributed by atoms with Crippen molar-refractivity contribution in [3.63, 3.8) is 0 Å². The van der Waals surface area contributed by atoms with Crippen molar-refractivity contribution in [2.24, 2.45) is 0 Å². The molecule has 4 rings (SSSR count). The SMILES string of the molecule is Cc1ccc(CN2CCCCC2CCn2cc(C(=O)N3CCCC3)nn2)o1. The van der Waals surface area contributed by atoms with E-state index in [1.54, 1.807) is 0 Å². The normalized spacial score (nSPS) is 21.1. The fourth-order valence-electron chi connectivity index (χ4n) is 4.23. The zero-order valence-electron chi connectivity index (χ0n) is 16.1. The van der Waals surface area contributed by atoms with Crippen LogP contribution in [-0.4, -0.2) is 56.4 Å². The molecule has 0 saturated carbocycles. The maximum Gasteiger partial charge on any atom is 0.276 e. The van der Waals surface area contributed by atoms with Gasteiger partial charge in [0.15, 0.2) is 5.69 Å². The van der Waals surface area contributed by atoms with Gasteiger partial charge < -0.3 is 9.32 Å². The van der Waals surface area contributed by atoms with Crippen LogP contribution in [0.3, 0.4) is 0 Å². The van der Waals surface area contributed by atoms with Crippen LogP contribution in [0.15, 0.2) is 22.7 Å². The number of piperidine rings is 1. The van der Waals surface area contributed by atoms with Gasteiger partial charge in [0.2, 0.25) is 0 Å². The lowest BCUT2D eigenvalue weighted by Gasteiger charge is -2.35. The van der Waals surface area contributed by atoms with E-state index in [0.29, 0.717) is 11.7 Å². The largest absolute Gasteiger partial charge is 0.465 e. The monoisotopic (exact) mass is 371 g/mol. The fraction of sp³-hybridized carbons (Fsp3) is 0.650. The lowest BCUT2D eigenvalue weighted by atomic mass is 9.99.